The van der Waals surface area contributed by atoms with Crippen LogP contribution in [0.3, 0.4) is 0 Å². The zero-order valence-electron chi connectivity index (χ0n) is 28.0. The number of hydrogen-bond acceptors (Lipinski definition) is 6. The van der Waals surface area contributed by atoms with Gasteiger partial charge in [-0.2, -0.15) is 26.3 Å². The van der Waals surface area contributed by atoms with Crippen molar-refractivity contribution in [3.8, 4) is 22.6 Å². The van der Waals surface area contributed by atoms with Crippen LogP contribution in [0.2, 0.25) is 0 Å². The van der Waals surface area contributed by atoms with Gasteiger partial charge in [0.2, 0.25) is 5.95 Å². The smallest absolute Gasteiger partial charge is 0.416 e. The zero-order chi connectivity index (χ0) is 35.9. The largest absolute Gasteiger partial charge is 0.494 e. The van der Waals surface area contributed by atoms with Gasteiger partial charge in [0.1, 0.15) is 12.0 Å². The van der Waals surface area contributed by atoms with E-state index in [-0.39, 0.29) is 43.2 Å². The van der Waals surface area contributed by atoms with Crippen LogP contribution in [0, 0.1) is 13.8 Å². The molecule has 0 radical (unpaired) electrons. The number of ether oxygens (including phenoxy) is 2. The number of benzene rings is 3. The van der Waals surface area contributed by atoms with Crippen molar-refractivity contribution in [1.82, 2.24) is 9.97 Å². The molecule has 3 aromatic carbocycles. The van der Waals surface area contributed by atoms with Crippen molar-refractivity contribution in [1.29, 1.82) is 0 Å². The van der Waals surface area contributed by atoms with Crippen molar-refractivity contribution in [3.63, 3.8) is 0 Å². The number of aromatic nitrogens is 2. The Bertz CT molecular complexity index is 1710. The first-order valence-electron chi connectivity index (χ1n) is 15.9. The van der Waals surface area contributed by atoms with E-state index >= 15 is 0 Å². The minimum Gasteiger partial charge on any atom is -0.494 e. The molecule has 0 aliphatic heterocycles. The Morgan fingerprint density at radius 3 is 2.04 bits per heavy atom. The fourth-order valence-corrected chi connectivity index (χ4v) is 5.37. The van der Waals surface area contributed by atoms with Crippen molar-refractivity contribution < 1.29 is 40.6 Å². The summed E-state index contributed by atoms with van der Waals surface area (Å²) in [6.07, 6.45) is -5.68. The number of anilines is 1. The van der Waals surface area contributed by atoms with Crippen LogP contribution in [0.4, 0.5) is 32.3 Å². The van der Waals surface area contributed by atoms with Crippen molar-refractivity contribution in [2.75, 3.05) is 18.1 Å². The molecule has 4 aromatic rings. The fraction of sp³-hybridized carbons (Fsp3) is 0.378. The number of rotatable bonds is 14. The summed E-state index contributed by atoms with van der Waals surface area (Å²) >= 11 is 0. The predicted octanol–water partition coefficient (Wildman–Crippen LogP) is 9.88. The Labute approximate surface area is 282 Å². The van der Waals surface area contributed by atoms with Crippen LogP contribution < -0.4 is 14.4 Å². The molecule has 0 atom stereocenters. The summed E-state index contributed by atoms with van der Waals surface area (Å²) in [4.78, 5) is 20.9. The Hall–Kier alpha value is -4.61. The maximum atomic E-state index is 13.8. The van der Waals surface area contributed by atoms with Crippen LogP contribution in [0.1, 0.15) is 78.5 Å². The summed E-state index contributed by atoms with van der Waals surface area (Å²) in [5.41, 5.74) is 2.30. The second-order valence-electron chi connectivity index (χ2n) is 12.1. The van der Waals surface area contributed by atoms with Gasteiger partial charge in [0.15, 0.2) is 5.75 Å². The normalized spacial score (nSPS) is 11.9. The SMILES string of the molecule is CCOc1cc(-c2cc(C(C)C)ccc2C)c(CN(Cc2cc(C(F)(F)F)cc(C(F)(F)F)c2)c2ncc(OCCCC=O)cn2)cc1C. The monoisotopic (exact) mass is 687 g/mol. The van der Waals surface area contributed by atoms with E-state index in [9.17, 15) is 31.1 Å². The highest BCUT2D eigenvalue weighted by molar-refractivity contribution is 5.74. The topological polar surface area (TPSA) is 64.6 Å². The number of aryl methyl sites for hydroxylation is 2. The standard InChI is InChI=1S/C37H39F6N3O3/c1-6-48-34-18-33(32-16-27(23(2)3)10-9-24(32)4)28(13-25(34)5)22-46(35-44-19-31(20-45-35)49-12-8-7-11-47)21-26-14-29(36(38,39)40)17-30(15-26)37(41,42)43/h9-11,13-20,23H,6-8,12,21-22H2,1-5H3. The van der Waals surface area contributed by atoms with Gasteiger partial charge in [-0.15, -0.1) is 0 Å². The summed E-state index contributed by atoms with van der Waals surface area (Å²) in [6.45, 7) is 10.2. The summed E-state index contributed by atoms with van der Waals surface area (Å²) in [5.74, 6) is 1.25. The minimum absolute atomic E-state index is 0.0328. The quantitative estimate of drug-likeness (QED) is 0.0747. The molecule has 4 rings (SSSR count). The molecule has 0 saturated heterocycles. The first-order chi connectivity index (χ1) is 23.1. The highest BCUT2D eigenvalue weighted by Gasteiger charge is 2.37. The van der Waals surface area contributed by atoms with E-state index in [1.807, 2.05) is 39.0 Å². The first-order valence-corrected chi connectivity index (χ1v) is 15.9. The van der Waals surface area contributed by atoms with Crippen LogP contribution in [-0.2, 0) is 30.2 Å². The molecule has 1 aromatic heterocycles. The van der Waals surface area contributed by atoms with Crippen molar-refractivity contribution in [2.45, 2.75) is 78.8 Å². The molecule has 12 heteroatoms. The molecule has 0 saturated carbocycles. The van der Waals surface area contributed by atoms with E-state index in [0.29, 0.717) is 43.1 Å². The molecular formula is C37H39F6N3O3. The molecule has 0 spiro atoms. The maximum Gasteiger partial charge on any atom is 0.416 e. The number of alkyl halides is 6. The van der Waals surface area contributed by atoms with Crippen LogP contribution in [-0.4, -0.2) is 29.5 Å². The molecule has 0 unspecified atom stereocenters. The zero-order valence-corrected chi connectivity index (χ0v) is 28.0. The van der Waals surface area contributed by atoms with Gasteiger partial charge in [-0.3, -0.25) is 0 Å². The molecule has 0 amide bonds. The minimum atomic E-state index is -5.00. The van der Waals surface area contributed by atoms with E-state index in [4.69, 9.17) is 9.47 Å². The number of carbonyl (C=O) groups is 1. The van der Waals surface area contributed by atoms with Gasteiger partial charge < -0.3 is 19.2 Å². The van der Waals surface area contributed by atoms with Gasteiger partial charge in [0, 0.05) is 19.5 Å². The number of nitrogens with zero attached hydrogens (tertiary/aromatic N) is 3. The van der Waals surface area contributed by atoms with Crippen molar-refractivity contribution in [3.05, 3.63) is 99.9 Å². The number of hydrogen-bond donors (Lipinski definition) is 0. The van der Waals surface area contributed by atoms with E-state index < -0.39 is 23.5 Å². The Kier molecular flexibility index (Phi) is 12.0. The van der Waals surface area contributed by atoms with Gasteiger partial charge in [0.25, 0.3) is 0 Å². The molecule has 49 heavy (non-hydrogen) atoms. The molecule has 262 valence electrons. The van der Waals surface area contributed by atoms with Crippen LogP contribution in [0.25, 0.3) is 11.1 Å². The number of halogens is 6. The van der Waals surface area contributed by atoms with E-state index in [0.717, 1.165) is 39.7 Å². The summed E-state index contributed by atoms with van der Waals surface area (Å²) in [5, 5.41) is 0. The average molecular weight is 688 g/mol. The van der Waals surface area contributed by atoms with Gasteiger partial charge in [-0.25, -0.2) is 9.97 Å². The molecule has 0 aliphatic carbocycles. The molecular weight excluding hydrogens is 648 g/mol. The van der Waals surface area contributed by atoms with E-state index in [1.165, 1.54) is 17.3 Å². The summed E-state index contributed by atoms with van der Waals surface area (Å²) < 4.78 is 94.3. The maximum absolute atomic E-state index is 13.8. The number of unbranched alkanes of at least 4 members (excludes halogenated alkanes) is 1. The van der Waals surface area contributed by atoms with Gasteiger partial charge in [-0.05, 0) is 102 Å². The second kappa shape index (κ2) is 15.7. The first kappa shape index (κ1) is 37.2. The third-order valence-electron chi connectivity index (χ3n) is 7.93. The Balaban J connectivity index is 1.86. The predicted molar refractivity (Wildman–Crippen MR) is 176 cm³/mol. The lowest BCUT2D eigenvalue weighted by Crippen LogP contribution is -2.25. The van der Waals surface area contributed by atoms with Crippen LogP contribution in [0.5, 0.6) is 11.5 Å². The van der Waals surface area contributed by atoms with E-state index in [2.05, 4.69) is 35.9 Å². The average Bonchev–Trinajstić information content (AvgIpc) is 3.03. The van der Waals surface area contributed by atoms with Gasteiger partial charge in [-0.1, -0.05) is 32.0 Å². The third kappa shape index (κ3) is 9.73. The van der Waals surface area contributed by atoms with Crippen LogP contribution in [0.15, 0.2) is 60.9 Å². The van der Waals surface area contributed by atoms with Crippen molar-refractivity contribution >= 4 is 12.2 Å². The number of carbonyl (C=O) groups excluding carboxylic acids is 1. The summed E-state index contributed by atoms with van der Waals surface area (Å²) in [7, 11) is 0. The lowest BCUT2D eigenvalue weighted by molar-refractivity contribution is -0.143. The molecule has 0 fully saturated rings. The molecule has 0 N–H and O–H groups in total. The molecule has 6 nitrogen and oxygen atoms in total. The lowest BCUT2D eigenvalue weighted by atomic mass is 9.90. The van der Waals surface area contributed by atoms with Crippen molar-refractivity contribution in [2.24, 2.45) is 0 Å². The molecule has 0 bridgehead atoms. The van der Waals surface area contributed by atoms with Crippen LogP contribution >= 0.6 is 0 Å². The van der Waals surface area contributed by atoms with Gasteiger partial charge >= 0.3 is 12.4 Å². The molecule has 0 aliphatic rings. The second-order valence-corrected chi connectivity index (χ2v) is 12.1. The van der Waals surface area contributed by atoms with Gasteiger partial charge in [0.05, 0.1) is 36.7 Å². The lowest BCUT2D eigenvalue weighted by Gasteiger charge is -2.26. The highest BCUT2D eigenvalue weighted by Crippen LogP contribution is 2.39. The Morgan fingerprint density at radius 2 is 1.47 bits per heavy atom. The molecule has 1 heterocycles. The van der Waals surface area contributed by atoms with E-state index in [1.54, 1.807) is 0 Å². The fourth-order valence-electron chi connectivity index (χ4n) is 5.37. The Morgan fingerprint density at radius 1 is 0.816 bits per heavy atom. The number of aldehydes is 1. The third-order valence-corrected chi connectivity index (χ3v) is 7.93. The highest BCUT2D eigenvalue weighted by atomic mass is 19.4. The summed E-state index contributed by atoms with van der Waals surface area (Å²) in [6, 6.07) is 11.5.